The van der Waals surface area contributed by atoms with E-state index < -0.39 is 0 Å². The van der Waals surface area contributed by atoms with E-state index in [0.29, 0.717) is 19.1 Å². The molecule has 1 saturated heterocycles. The molecule has 3 atom stereocenters. The molecule has 0 radical (unpaired) electrons. The van der Waals surface area contributed by atoms with E-state index in [9.17, 15) is 9.18 Å². The first kappa shape index (κ1) is 25.5. The van der Waals surface area contributed by atoms with Gasteiger partial charge in [0.1, 0.15) is 11.6 Å². The lowest BCUT2D eigenvalue weighted by molar-refractivity contribution is -0.00970. The van der Waals surface area contributed by atoms with Crippen molar-refractivity contribution in [2.45, 2.75) is 75.7 Å². The van der Waals surface area contributed by atoms with Crippen molar-refractivity contribution in [3.05, 3.63) is 65.5 Å². The highest BCUT2D eigenvalue weighted by molar-refractivity contribution is 5.69. The Morgan fingerprint density at radius 1 is 1.09 bits per heavy atom. The summed E-state index contributed by atoms with van der Waals surface area (Å²) in [7, 11) is 3.09. The molecule has 1 heterocycles. The summed E-state index contributed by atoms with van der Waals surface area (Å²) in [5.41, 5.74) is 2.23. The average Bonchev–Trinajstić information content (AvgIpc) is 3.21. The molecule has 4 rings (SSSR count). The van der Waals surface area contributed by atoms with Crippen LogP contribution >= 0.6 is 0 Å². The molecule has 1 aliphatic heterocycles. The van der Waals surface area contributed by atoms with Crippen LogP contribution in [0.15, 0.2) is 48.5 Å². The van der Waals surface area contributed by atoms with Crippen LogP contribution in [0.1, 0.15) is 56.1 Å². The monoisotopic (exact) mass is 484 g/mol. The number of hydrogen-bond acceptors (Lipinski definition) is 5. The molecular weight excluding hydrogens is 447 g/mol. The van der Waals surface area contributed by atoms with Crippen molar-refractivity contribution in [3.63, 3.8) is 0 Å². The standard InChI is InChI=1S/C28H37FN2O4/c1-19-15-26(30-17-20-7-11-24(33-2)12-8-20)27(31(19)28(32)34-3)18-35-25-13-9-21(10-14-25)22-5-4-6-23(29)16-22/h4-8,11-12,16,19,21,25-27,30H,9-10,13-15,17-18H2,1-3H3/t19-,21?,25?,26+,27+/m1/s1. The van der Waals surface area contributed by atoms with Gasteiger partial charge in [0.05, 0.1) is 33.0 Å². The summed E-state index contributed by atoms with van der Waals surface area (Å²) in [6.07, 6.45) is 4.51. The number of methoxy groups -OCH3 is 2. The first-order valence-electron chi connectivity index (χ1n) is 12.6. The first-order valence-corrected chi connectivity index (χ1v) is 12.6. The van der Waals surface area contributed by atoms with Crippen LogP contribution in [-0.4, -0.2) is 56.0 Å². The molecule has 35 heavy (non-hydrogen) atoms. The molecule has 190 valence electrons. The zero-order chi connectivity index (χ0) is 24.8. The maximum atomic E-state index is 13.6. The van der Waals surface area contributed by atoms with Gasteiger partial charge in [-0.2, -0.15) is 0 Å². The number of nitrogens with one attached hydrogen (secondary N) is 1. The summed E-state index contributed by atoms with van der Waals surface area (Å²) in [6, 6.07) is 15.0. The number of hydrogen-bond donors (Lipinski definition) is 1. The Morgan fingerprint density at radius 3 is 2.49 bits per heavy atom. The molecule has 0 unspecified atom stereocenters. The van der Waals surface area contributed by atoms with E-state index in [0.717, 1.165) is 49.0 Å². The second kappa shape index (κ2) is 11.9. The Hall–Kier alpha value is -2.64. The van der Waals surface area contributed by atoms with Crippen LogP contribution < -0.4 is 10.1 Å². The molecule has 2 aromatic rings. The van der Waals surface area contributed by atoms with Crippen LogP contribution in [0.3, 0.4) is 0 Å². The van der Waals surface area contributed by atoms with Crippen LogP contribution in [-0.2, 0) is 16.0 Å². The molecule has 1 aliphatic carbocycles. The predicted molar refractivity (Wildman–Crippen MR) is 133 cm³/mol. The molecule has 1 amide bonds. The number of carbonyl (C=O) groups excluding carboxylic acids is 1. The minimum absolute atomic E-state index is 0.0631. The fourth-order valence-electron chi connectivity index (χ4n) is 5.55. The van der Waals surface area contributed by atoms with Gasteiger partial charge in [0.15, 0.2) is 0 Å². The number of rotatable bonds is 8. The minimum Gasteiger partial charge on any atom is -0.497 e. The van der Waals surface area contributed by atoms with E-state index in [1.807, 2.05) is 35.2 Å². The normalized spacial score (nSPS) is 26.5. The third kappa shape index (κ3) is 6.33. The van der Waals surface area contributed by atoms with Gasteiger partial charge in [0.25, 0.3) is 0 Å². The van der Waals surface area contributed by atoms with E-state index in [1.54, 1.807) is 19.2 Å². The predicted octanol–water partition coefficient (Wildman–Crippen LogP) is 5.26. The lowest BCUT2D eigenvalue weighted by atomic mass is 9.82. The lowest BCUT2D eigenvalue weighted by Gasteiger charge is -2.33. The molecule has 2 aliphatic rings. The summed E-state index contributed by atoms with van der Waals surface area (Å²) >= 11 is 0. The Balaban J connectivity index is 1.34. The number of likely N-dealkylation sites (tertiary alicyclic amines) is 1. The highest BCUT2D eigenvalue weighted by atomic mass is 19.1. The smallest absolute Gasteiger partial charge is 0.410 e. The Morgan fingerprint density at radius 2 is 1.83 bits per heavy atom. The van der Waals surface area contributed by atoms with Crippen LogP contribution in [0, 0.1) is 5.82 Å². The summed E-state index contributed by atoms with van der Waals surface area (Å²) in [4.78, 5) is 14.4. The van der Waals surface area contributed by atoms with Gasteiger partial charge in [0, 0.05) is 18.6 Å². The molecular formula is C28H37FN2O4. The molecule has 0 aromatic heterocycles. The average molecular weight is 485 g/mol. The second-order valence-corrected chi connectivity index (χ2v) is 9.73. The molecule has 0 bridgehead atoms. The van der Waals surface area contributed by atoms with Gasteiger partial charge in [-0.3, -0.25) is 4.90 Å². The molecule has 0 spiro atoms. The lowest BCUT2D eigenvalue weighted by Crippen LogP contribution is -2.49. The van der Waals surface area contributed by atoms with Crippen LogP contribution in [0.4, 0.5) is 9.18 Å². The number of amides is 1. The third-order valence-corrected chi connectivity index (χ3v) is 7.50. The van der Waals surface area contributed by atoms with Crippen molar-refractivity contribution >= 4 is 6.09 Å². The Labute approximate surface area is 207 Å². The van der Waals surface area contributed by atoms with Crippen LogP contribution in [0.25, 0.3) is 0 Å². The van der Waals surface area contributed by atoms with Crippen LogP contribution in [0.5, 0.6) is 5.75 Å². The molecule has 6 nitrogen and oxygen atoms in total. The number of carbonyl (C=O) groups is 1. The van der Waals surface area contributed by atoms with Crippen molar-refractivity contribution in [2.24, 2.45) is 0 Å². The largest absolute Gasteiger partial charge is 0.497 e. The minimum atomic E-state index is -0.311. The highest BCUT2D eigenvalue weighted by Crippen LogP contribution is 2.35. The van der Waals surface area contributed by atoms with Crippen molar-refractivity contribution in [1.29, 1.82) is 0 Å². The summed E-state index contributed by atoms with van der Waals surface area (Å²) in [6.45, 7) is 3.23. The quantitative estimate of drug-likeness (QED) is 0.554. The van der Waals surface area contributed by atoms with E-state index >= 15 is 0 Å². The zero-order valence-corrected chi connectivity index (χ0v) is 20.9. The van der Waals surface area contributed by atoms with Crippen molar-refractivity contribution in [1.82, 2.24) is 10.2 Å². The van der Waals surface area contributed by atoms with Crippen molar-refractivity contribution in [3.8, 4) is 5.75 Å². The molecule has 1 saturated carbocycles. The van der Waals surface area contributed by atoms with E-state index in [1.165, 1.54) is 13.2 Å². The molecule has 2 aromatic carbocycles. The Kier molecular flexibility index (Phi) is 8.63. The summed E-state index contributed by atoms with van der Waals surface area (Å²) in [5.74, 6) is 1.04. The second-order valence-electron chi connectivity index (χ2n) is 9.73. The number of halogens is 1. The maximum Gasteiger partial charge on any atom is 0.410 e. The zero-order valence-electron chi connectivity index (χ0n) is 20.9. The van der Waals surface area contributed by atoms with Gasteiger partial charge < -0.3 is 19.5 Å². The number of nitrogens with zero attached hydrogens (tertiary/aromatic N) is 1. The van der Waals surface area contributed by atoms with Crippen LogP contribution in [0.2, 0.25) is 0 Å². The molecule has 1 N–H and O–H groups in total. The van der Waals surface area contributed by atoms with Gasteiger partial charge in [-0.25, -0.2) is 9.18 Å². The maximum absolute atomic E-state index is 13.6. The summed E-state index contributed by atoms with van der Waals surface area (Å²) in [5, 5.41) is 3.64. The first-order chi connectivity index (χ1) is 17.0. The Bertz CT molecular complexity index is 962. The SMILES string of the molecule is COC(=O)N1[C@H](C)C[C@H](NCc2ccc(OC)cc2)[C@@H]1COC1CCC(c2cccc(F)c2)CC1. The molecule has 2 fully saturated rings. The van der Waals surface area contributed by atoms with Gasteiger partial charge in [-0.15, -0.1) is 0 Å². The fraction of sp³-hybridized carbons (Fsp3) is 0.536. The number of benzene rings is 2. The van der Waals surface area contributed by atoms with E-state index in [2.05, 4.69) is 12.2 Å². The van der Waals surface area contributed by atoms with Gasteiger partial charge in [0.2, 0.25) is 0 Å². The van der Waals surface area contributed by atoms with Gasteiger partial charge in [-0.1, -0.05) is 24.3 Å². The summed E-state index contributed by atoms with van der Waals surface area (Å²) < 4.78 is 30.3. The topological polar surface area (TPSA) is 60.0 Å². The van der Waals surface area contributed by atoms with E-state index in [-0.39, 0.29) is 36.1 Å². The van der Waals surface area contributed by atoms with Gasteiger partial charge >= 0.3 is 6.09 Å². The van der Waals surface area contributed by atoms with E-state index in [4.69, 9.17) is 14.2 Å². The molecule has 7 heteroatoms. The number of ether oxygens (including phenoxy) is 3. The van der Waals surface area contributed by atoms with Crippen molar-refractivity contribution < 1.29 is 23.4 Å². The highest BCUT2D eigenvalue weighted by Gasteiger charge is 2.42. The van der Waals surface area contributed by atoms with Crippen molar-refractivity contribution in [2.75, 3.05) is 20.8 Å². The third-order valence-electron chi connectivity index (χ3n) is 7.50. The van der Waals surface area contributed by atoms with Gasteiger partial charge in [-0.05, 0) is 80.3 Å². The fourth-order valence-corrected chi connectivity index (χ4v) is 5.55.